The quantitative estimate of drug-likeness (QED) is 0.148. The molecule has 2 aliphatic carbocycles. The predicted molar refractivity (Wildman–Crippen MR) is 162 cm³/mol. The first kappa shape index (κ1) is 32.0. The molecule has 10 fully saturated rings. The molecule has 10 aliphatic rings. The minimum atomic E-state index is -0.839. The lowest BCUT2D eigenvalue weighted by Crippen LogP contribution is -2.70. The van der Waals surface area contributed by atoms with E-state index in [0.29, 0.717) is 36.5 Å². The largest absolute Gasteiger partial charge is 0.345 e. The summed E-state index contributed by atoms with van der Waals surface area (Å²) in [4.78, 5) is 42.1. The highest BCUT2D eigenvalue weighted by molar-refractivity contribution is 5.85. The van der Waals surface area contributed by atoms with E-state index in [9.17, 15) is 4.79 Å². The number of carbonyl (C=O) groups is 1. The highest BCUT2D eigenvalue weighted by Gasteiger charge is 2.71. The second-order valence-corrected chi connectivity index (χ2v) is 16.5. The SMILES string of the molecule is CC(=O)ON=C(CC1O[C@@H]2O[C@]3(C)CC[C@H]4[C@H](C)CC[C@@H]([C@H]1C)[C@@]24OO3)C[C@H]1O[C@@H]2O[C@]3(C)CC[C@H]4[C@H](C)CC[C@@H]([C@H]1C)[C@@]24OO3. The van der Waals surface area contributed by atoms with Gasteiger partial charge in [0.1, 0.15) is 0 Å². The Balaban J connectivity index is 1.06. The zero-order valence-corrected chi connectivity index (χ0v) is 28.5. The van der Waals surface area contributed by atoms with Gasteiger partial charge in [0.25, 0.3) is 0 Å². The minimum absolute atomic E-state index is 0.142. The maximum atomic E-state index is 12.0. The summed E-state index contributed by atoms with van der Waals surface area (Å²) in [5.41, 5.74) is -0.522. The summed E-state index contributed by atoms with van der Waals surface area (Å²) >= 11 is 0. The molecule has 8 heterocycles. The zero-order chi connectivity index (χ0) is 32.2. The van der Waals surface area contributed by atoms with Crippen LogP contribution in [0.4, 0.5) is 0 Å². The van der Waals surface area contributed by atoms with Crippen LogP contribution in [0.2, 0.25) is 0 Å². The van der Waals surface area contributed by atoms with Gasteiger partial charge in [0, 0.05) is 44.4 Å². The summed E-state index contributed by atoms with van der Waals surface area (Å²) in [6, 6.07) is 0. The Hall–Kier alpha value is -1.18. The standard InChI is InChI=1S/C35H53NO10/c1-18-8-10-26-20(3)28(38-30-34(26)24(18)12-14-32(6,40-30)43-45-34)16-23(36-42-22(5)37)17-29-21(4)27-11-9-19(2)25-13-15-33(7)41-31(39-29)35(25,27)46-44-33/h18-21,24-31H,8-17H2,1-7H3/t18-,19-,20-,21-,24+,25+,26+,27+,28-,29?,30-,31-,32+,33+,34-,35-/m1/s1. The molecule has 2 saturated carbocycles. The van der Waals surface area contributed by atoms with Gasteiger partial charge in [0.05, 0.1) is 17.9 Å². The predicted octanol–water partition coefficient (Wildman–Crippen LogP) is 6.19. The van der Waals surface area contributed by atoms with Gasteiger partial charge in [-0.25, -0.2) is 24.3 Å². The van der Waals surface area contributed by atoms with E-state index in [0.717, 1.165) is 57.1 Å². The van der Waals surface area contributed by atoms with Crippen LogP contribution in [-0.2, 0) is 48.1 Å². The van der Waals surface area contributed by atoms with E-state index in [-0.39, 0.29) is 35.9 Å². The molecule has 10 rings (SSSR count). The molecular weight excluding hydrogens is 594 g/mol. The lowest BCUT2D eigenvalue weighted by atomic mass is 9.57. The molecule has 0 N–H and O–H groups in total. The van der Waals surface area contributed by atoms with Crippen molar-refractivity contribution in [1.82, 2.24) is 0 Å². The molecule has 11 heteroatoms. The van der Waals surface area contributed by atoms with Gasteiger partial charge < -0.3 is 23.8 Å². The average Bonchev–Trinajstić information content (AvgIpc) is 3.38. The minimum Gasteiger partial charge on any atom is -0.345 e. The Bertz CT molecular complexity index is 1170. The van der Waals surface area contributed by atoms with E-state index in [1.54, 1.807) is 0 Å². The van der Waals surface area contributed by atoms with Gasteiger partial charge >= 0.3 is 5.97 Å². The summed E-state index contributed by atoms with van der Waals surface area (Å²) < 4.78 is 27.0. The monoisotopic (exact) mass is 647 g/mol. The Kier molecular flexibility index (Phi) is 7.78. The van der Waals surface area contributed by atoms with Crippen LogP contribution in [0.1, 0.15) is 113 Å². The third kappa shape index (κ3) is 4.73. The fourth-order valence-corrected chi connectivity index (χ4v) is 11.2. The topological polar surface area (TPSA) is 113 Å². The van der Waals surface area contributed by atoms with E-state index < -0.39 is 41.3 Å². The first-order chi connectivity index (χ1) is 21.9. The van der Waals surface area contributed by atoms with Crippen molar-refractivity contribution < 1.29 is 48.1 Å². The summed E-state index contributed by atoms with van der Waals surface area (Å²) in [5.74, 6) is 0.142. The van der Waals surface area contributed by atoms with E-state index in [4.69, 9.17) is 43.3 Å². The molecule has 0 aromatic rings. The highest BCUT2D eigenvalue weighted by Crippen LogP contribution is 2.62. The van der Waals surface area contributed by atoms with Gasteiger partial charge in [-0.05, 0) is 87.9 Å². The van der Waals surface area contributed by atoms with E-state index in [1.807, 2.05) is 13.8 Å². The van der Waals surface area contributed by atoms with Crippen molar-refractivity contribution in [3.63, 3.8) is 0 Å². The van der Waals surface area contributed by atoms with Crippen LogP contribution in [0, 0.1) is 47.3 Å². The van der Waals surface area contributed by atoms with Gasteiger partial charge in [-0.2, -0.15) is 0 Å². The first-order valence-corrected chi connectivity index (χ1v) is 18.0. The van der Waals surface area contributed by atoms with Crippen molar-refractivity contribution >= 4 is 11.7 Å². The molecule has 46 heavy (non-hydrogen) atoms. The third-order valence-corrected chi connectivity index (χ3v) is 13.8. The normalized spacial score (nSPS) is 55.9. The van der Waals surface area contributed by atoms with Gasteiger partial charge in [-0.15, -0.1) is 0 Å². The summed E-state index contributed by atoms with van der Waals surface area (Å²) in [7, 11) is 0. The number of nitrogens with zero attached hydrogens (tertiary/aromatic N) is 1. The number of ether oxygens (including phenoxy) is 4. The van der Waals surface area contributed by atoms with E-state index in [2.05, 4.69) is 32.9 Å². The summed E-state index contributed by atoms with van der Waals surface area (Å²) in [6.45, 7) is 14.4. The Labute approximate surface area is 272 Å². The molecule has 0 radical (unpaired) electrons. The van der Waals surface area contributed by atoms with Crippen LogP contribution in [0.25, 0.3) is 0 Å². The molecule has 1 unspecified atom stereocenters. The molecule has 8 aliphatic heterocycles. The molecule has 258 valence electrons. The van der Waals surface area contributed by atoms with Crippen LogP contribution >= 0.6 is 0 Å². The Morgan fingerprint density at radius 3 is 1.57 bits per heavy atom. The highest BCUT2D eigenvalue weighted by atomic mass is 17.3. The van der Waals surface area contributed by atoms with Crippen molar-refractivity contribution in [2.24, 2.45) is 52.5 Å². The van der Waals surface area contributed by atoms with Crippen LogP contribution in [0.3, 0.4) is 0 Å². The molecule has 0 amide bonds. The van der Waals surface area contributed by atoms with Crippen LogP contribution in [0.15, 0.2) is 5.16 Å². The second-order valence-electron chi connectivity index (χ2n) is 16.5. The van der Waals surface area contributed by atoms with Crippen molar-refractivity contribution in [3.8, 4) is 0 Å². The molecule has 4 bridgehead atoms. The van der Waals surface area contributed by atoms with Crippen molar-refractivity contribution in [2.45, 2.75) is 160 Å². The number of fused-ring (bicyclic) bond motifs is 4. The smallest absolute Gasteiger partial charge is 0.331 e. The van der Waals surface area contributed by atoms with Gasteiger partial charge in [-0.1, -0.05) is 32.9 Å². The molecule has 8 saturated heterocycles. The maximum Gasteiger partial charge on any atom is 0.331 e. The van der Waals surface area contributed by atoms with Crippen molar-refractivity contribution in [3.05, 3.63) is 0 Å². The van der Waals surface area contributed by atoms with Gasteiger partial charge in [0.15, 0.2) is 23.8 Å². The third-order valence-electron chi connectivity index (χ3n) is 13.8. The van der Waals surface area contributed by atoms with E-state index >= 15 is 0 Å². The maximum absolute atomic E-state index is 12.0. The number of carbonyl (C=O) groups excluding carboxylic acids is 1. The number of rotatable bonds is 5. The molecular formula is C35H53NO10. The fourth-order valence-electron chi connectivity index (χ4n) is 11.2. The number of hydrogen-bond donors (Lipinski definition) is 0. The van der Waals surface area contributed by atoms with Gasteiger partial charge in [-0.3, -0.25) is 0 Å². The number of oxime groups is 1. The first-order valence-electron chi connectivity index (χ1n) is 18.0. The Morgan fingerprint density at radius 2 is 1.13 bits per heavy atom. The average molecular weight is 648 g/mol. The zero-order valence-electron chi connectivity index (χ0n) is 28.5. The van der Waals surface area contributed by atoms with Gasteiger partial charge in [0.2, 0.25) is 11.6 Å². The molecule has 0 aromatic heterocycles. The molecule has 2 spiro atoms. The van der Waals surface area contributed by atoms with Crippen LogP contribution < -0.4 is 0 Å². The number of hydrogen-bond acceptors (Lipinski definition) is 11. The molecule has 0 aromatic carbocycles. The Morgan fingerprint density at radius 1 is 0.674 bits per heavy atom. The molecule has 16 atom stereocenters. The lowest BCUT2D eigenvalue weighted by Gasteiger charge is -2.61. The van der Waals surface area contributed by atoms with Crippen LogP contribution in [0.5, 0.6) is 0 Å². The fraction of sp³-hybridized carbons (Fsp3) is 0.943. The van der Waals surface area contributed by atoms with Crippen LogP contribution in [-0.4, -0.2) is 59.2 Å². The van der Waals surface area contributed by atoms with E-state index in [1.165, 1.54) is 6.92 Å². The molecule has 11 nitrogen and oxygen atoms in total. The van der Waals surface area contributed by atoms with Crippen molar-refractivity contribution in [1.29, 1.82) is 0 Å². The second kappa shape index (κ2) is 11.2. The summed E-state index contributed by atoms with van der Waals surface area (Å²) in [5, 5.41) is 4.44. The lowest BCUT2D eigenvalue weighted by molar-refractivity contribution is -0.571. The van der Waals surface area contributed by atoms with Crippen molar-refractivity contribution in [2.75, 3.05) is 0 Å². The summed E-state index contributed by atoms with van der Waals surface area (Å²) in [6.07, 6.45) is 7.30.